The number of hydrogen-bond acceptors (Lipinski definition) is 1. The number of unbranched alkanes of at least 4 members (excludes halogenated alkanes) is 1. The van der Waals surface area contributed by atoms with Crippen molar-refractivity contribution < 1.29 is 4.74 Å². The average molecular weight is 456 g/mol. The number of rotatable bonds is 6. The molecule has 4 aromatic carbocycles. The quantitative estimate of drug-likeness (QED) is 0.244. The normalized spacial score (nSPS) is 11.5. The molecule has 2 aromatic heterocycles. The van der Waals surface area contributed by atoms with Gasteiger partial charge in [-0.2, -0.15) is 0 Å². The Balaban J connectivity index is 1.55. The molecule has 0 saturated heterocycles. The van der Waals surface area contributed by atoms with E-state index in [1.807, 2.05) is 12.1 Å². The zero-order valence-electron chi connectivity index (χ0n) is 20.3. The van der Waals surface area contributed by atoms with Gasteiger partial charge in [0.1, 0.15) is 5.75 Å². The minimum atomic E-state index is 0.876. The Bertz CT molecular complexity index is 1640. The number of fused-ring (bicyclic) bond motifs is 5. The molecular weight excluding hydrogens is 426 g/mol. The molecule has 0 fully saturated rings. The lowest BCUT2D eigenvalue weighted by Gasteiger charge is -2.12. The molecule has 2 heteroatoms. The molecule has 2 heterocycles. The number of methoxy groups -OCH3 is 1. The summed E-state index contributed by atoms with van der Waals surface area (Å²) in [7, 11) is 1.70. The van der Waals surface area contributed by atoms with Gasteiger partial charge in [0.25, 0.3) is 0 Å². The number of aromatic nitrogens is 1. The Kier molecular flexibility index (Phi) is 5.50. The van der Waals surface area contributed by atoms with Crippen LogP contribution in [0.1, 0.15) is 25.3 Å². The van der Waals surface area contributed by atoms with Crippen LogP contribution < -0.4 is 4.74 Å². The summed E-state index contributed by atoms with van der Waals surface area (Å²) >= 11 is 0. The lowest BCUT2D eigenvalue weighted by atomic mass is 10.0. The SMILES string of the molecule is CCCCc1ccc(-c2cc3ccccc3c3cc4cc(-c5ccc(OC)cc5)ccc4n23)cc1. The van der Waals surface area contributed by atoms with Crippen LogP contribution in [0.3, 0.4) is 0 Å². The third-order valence-electron chi connectivity index (χ3n) is 7.06. The molecule has 35 heavy (non-hydrogen) atoms. The molecule has 0 aliphatic heterocycles. The number of pyridine rings is 1. The van der Waals surface area contributed by atoms with Gasteiger partial charge in [0, 0.05) is 10.8 Å². The van der Waals surface area contributed by atoms with E-state index in [9.17, 15) is 0 Å². The van der Waals surface area contributed by atoms with Crippen molar-refractivity contribution in [1.82, 2.24) is 4.40 Å². The first-order chi connectivity index (χ1) is 17.2. The van der Waals surface area contributed by atoms with Crippen LogP contribution in [0, 0.1) is 0 Å². The molecule has 0 aliphatic rings. The highest BCUT2D eigenvalue weighted by Gasteiger charge is 2.13. The highest BCUT2D eigenvalue weighted by atomic mass is 16.5. The van der Waals surface area contributed by atoms with E-state index >= 15 is 0 Å². The largest absolute Gasteiger partial charge is 0.497 e. The predicted molar refractivity (Wildman–Crippen MR) is 148 cm³/mol. The Hall–Kier alpha value is -4.04. The Morgan fingerprint density at radius 1 is 0.657 bits per heavy atom. The highest BCUT2D eigenvalue weighted by molar-refractivity contribution is 6.05. The fourth-order valence-electron chi connectivity index (χ4n) is 5.14. The number of hydrogen-bond donors (Lipinski definition) is 0. The van der Waals surface area contributed by atoms with Crippen LogP contribution in [0.2, 0.25) is 0 Å². The Labute approximate surface area is 206 Å². The van der Waals surface area contributed by atoms with E-state index in [4.69, 9.17) is 4.74 Å². The minimum Gasteiger partial charge on any atom is -0.497 e. The summed E-state index contributed by atoms with van der Waals surface area (Å²) in [6.07, 6.45) is 3.60. The third kappa shape index (κ3) is 3.85. The van der Waals surface area contributed by atoms with E-state index in [-0.39, 0.29) is 0 Å². The number of nitrogens with zero attached hydrogens (tertiary/aromatic N) is 1. The van der Waals surface area contributed by atoms with Crippen LogP contribution in [0.5, 0.6) is 5.75 Å². The molecule has 2 nitrogen and oxygen atoms in total. The number of aryl methyl sites for hydroxylation is 1. The van der Waals surface area contributed by atoms with Crippen LogP contribution in [-0.4, -0.2) is 11.5 Å². The molecule has 0 bridgehead atoms. The molecule has 0 atom stereocenters. The Morgan fingerprint density at radius 3 is 2.17 bits per heavy atom. The zero-order valence-corrected chi connectivity index (χ0v) is 20.3. The molecule has 0 radical (unpaired) electrons. The van der Waals surface area contributed by atoms with E-state index in [0.29, 0.717) is 0 Å². The summed E-state index contributed by atoms with van der Waals surface area (Å²) in [6, 6.07) is 37.6. The fraction of sp³-hybridized carbons (Fsp3) is 0.152. The minimum absolute atomic E-state index is 0.876. The van der Waals surface area contributed by atoms with Gasteiger partial charge in [-0.15, -0.1) is 0 Å². The molecule has 0 aliphatic carbocycles. The van der Waals surface area contributed by atoms with Crippen LogP contribution in [0.25, 0.3) is 49.6 Å². The molecule has 0 saturated carbocycles. The van der Waals surface area contributed by atoms with Crippen molar-refractivity contribution in [2.75, 3.05) is 7.11 Å². The van der Waals surface area contributed by atoms with Crippen molar-refractivity contribution in [2.24, 2.45) is 0 Å². The van der Waals surface area contributed by atoms with Crippen LogP contribution >= 0.6 is 0 Å². The van der Waals surface area contributed by atoms with Crippen LogP contribution in [0.4, 0.5) is 0 Å². The number of benzene rings is 4. The Morgan fingerprint density at radius 2 is 1.40 bits per heavy atom. The van der Waals surface area contributed by atoms with Crippen molar-refractivity contribution in [3.63, 3.8) is 0 Å². The van der Waals surface area contributed by atoms with Gasteiger partial charge in [0.2, 0.25) is 0 Å². The molecule has 172 valence electrons. The first-order valence-corrected chi connectivity index (χ1v) is 12.5. The van der Waals surface area contributed by atoms with Crippen LogP contribution in [0.15, 0.2) is 103 Å². The van der Waals surface area contributed by atoms with Gasteiger partial charge in [-0.3, -0.25) is 0 Å². The maximum absolute atomic E-state index is 5.33. The zero-order chi connectivity index (χ0) is 23.8. The van der Waals surface area contributed by atoms with Crippen molar-refractivity contribution in [1.29, 1.82) is 0 Å². The summed E-state index contributed by atoms with van der Waals surface area (Å²) in [5.74, 6) is 0.876. The standard InChI is InChI=1S/C33H29NO/c1-3-4-7-23-10-12-25(13-11-23)32-21-27-8-5-6-9-30(27)33-22-28-20-26(16-19-31(28)34(32)33)24-14-17-29(35-2)18-15-24/h5-6,8-22H,3-4,7H2,1-2H3. The topological polar surface area (TPSA) is 13.6 Å². The fourth-order valence-corrected chi connectivity index (χ4v) is 5.14. The third-order valence-corrected chi connectivity index (χ3v) is 7.06. The molecule has 0 N–H and O–H groups in total. The first kappa shape index (κ1) is 21.5. The summed E-state index contributed by atoms with van der Waals surface area (Å²) in [4.78, 5) is 0. The molecule has 0 spiro atoms. The van der Waals surface area contributed by atoms with Crippen molar-refractivity contribution in [3.05, 3.63) is 109 Å². The second kappa shape index (κ2) is 8.96. The van der Waals surface area contributed by atoms with Crippen molar-refractivity contribution in [2.45, 2.75) is 26.2 Å². The van der Waals surface area contributed by atoms with E-state index < -0.39 is 0 Å². The lowest BCUT2D eigenvalue weighted by molar-refractivity contribution is 0.415. The van der Waals surface area contributed by atoms with Gasteiger partial charge < -0.3 is 9.14 Å². The van der Waals surface area contributed by atoms with E-state index in [0.717, 1.165) is 12.2 Å². The van der Waals surface area contributed by atoms with E-state index in [2.05, 4.69) is 102 Å². The van der Waals surface area contributed by atoms with E-state index in [1.165, 1.54) is 68.0 Å². The number of ether oxygens (including phenoxy) is 1. The van der Waals surface area contributed by atoms with E-state index in [1.54, 1.807) is 7.11 Å². The molecule has 6 aromatic rings. The molecule has 6 rings (SSSR count). The van der Waals surface area contributed by atoms with Crippen LogP contribution in [-0.2, 0) is 6.42 Å². The van der Waals surface area contributed by atoms with Crippen molar-refractivity contribution >= 4 is 27.2 Å². The molecule has 0 unspecified atom stereocenters. The summed E-state index contributed by atoms with van der Waals surface area (Å²) < 4.78 is 7.76. The molecular formula is C33H29NO. The predicted octanol–water partition coefficient (Wildman–Crippen LogP) is 8.93. The monoisotopic (exact) mass is 455 g/mol. The van der Waals surface area contributed by atoms with Gasteiger partial charge in [0.15, 0.2) is 0 Å². The van der Waals surface area contributed by atoms with Gasteiger partial charge in [0.05, 0.1) is 23.8 Å². The van der Waals surface area contributed by atoms with Gasteiger partial charge >= 0.3 is 0 Å². The first-order valence-electron chi connectivity index (χ1n) is 12.5. The van der Waals surface area contributed by atoms with Gasteiger partial charge in [-0.25, -0.2) is 0 Å². The second-order valence-corrected chi connectivity index (χ2v) is 9.28. The smallest absolute Gasteiger partial charge is 0.118 e. The second-order valence-electron chi connectivity index (χ2n) is 9.28. The summed E-state index contributed by atoms with van der Waals surface area (Å²) in [6.45, 7) is 2.25. The maximum Gasteiger partial charge on any atom is 0.118 e. The molecule has 0 amide bonds. The van der Waals surface area contributed by atoms with Crippen molar-refractivity contribution in [3.8, 4) is 28.1 Å². The lowest BCUT2D eigenvalue weighted by Crippen LogP contribution is -1.94. The maximum atomic E-state index is 5.33. The summed E-state index contributed by atoms with van der Waals surface area (Å²) in [5.41, 5.74) is 8.76. The summed E-state index contributed by atoms with van der Waals surface area (Å²) in [5, 5.41) is 3.79. The average Bonchev–Trinajstić information content (AvgIpc) is 3.31. The highest BCUT2D eigenvalue weighted by Crippen LogP contribution is 2.35. The van der Waals surface area contributed by atoms with Gasteiger partial charge in [-0.05, 0) is 76.9 Å². The van der Waals surface area contributed by atoms with Gasteiger partial charge in [-0.1, -0.05) is 80.1 Å².